The van der Waals surface area contributed by atoms with E-state index in [0.29, 0.717) is 18.0 Å². The Morgan fingerprint density at radius 3 is 2.81 bits per heavy atom. The number of benzene rings is 1. The summed E-state index contributed by atoms with van der Waals surface area (Å²) in [5.74, 6) is -1.18. The average Bonchev–Trinajstić information content (AvgIpc) is 2.45. The summed E-state index contributed by atoms with van der Waals surface area (Å²) in [6.07, 6.45) is 0.754. The van der Waals surface area contributed by atoms with Crippen molar-refractivity contribution in [3.05, 3.63) is 28.8 Å². The molecule has 1 atom stereocenters. The molecule has 0 saturated heterocycles. The molecule has 1 aromatic carbocycles. The summed E-state index contributed by atoms with van der Waals surface area (Å²) in [5.41, 5.74) is 0.0365. The van der Waals surface area contributed by atoms with Gasteiger partial charge in [0.05, 0.1) is 15.8 Å². The molecule has 1 unspecified atom stereocenters. The molecule has 0 fully saturated rings. The molecule has 0 spiro atoms. The lowest BCUT2D eigenvalue weighted by Gasteiger charge is -2.12. The Morgan fingerprint density at radius 1 is 1.48 bits per heavy atom. The summed E-state index contributed by atoms with van der Waals surface area (Å²) in [6.45, 7) is 2.92. The molecular formula is C14H18ClNO4S. The summed E-state index contributed by atoms with van der Waals surface area (Å²) in [6, 6.07) is 4.70. The first-order chi connectivity index (χ1) is 9.95. The van der Waals surface area contributed by atoms with Crippen molar-refractivity contribution in [3.63, 3.8) is 0 Å². The maximum atomic E-state index is 11.9. The first-order valence-corrected chi connectivity index (χ1v) is 7.67. The maximum Gasteiger partial charge on any atom is 0.337 e. The number of halogens is 1. The molecule has 0 bridgehead atoms. The summed E-state index contributed by atoms with van der Waals surface area (Å²) in [5, 5.41) is 11.7. The molecule has 0 radical (unpaired) electrons. The number of carboxylic acids is 1. The number of hydrogen-bond donors (Lipinski definition) is 2. The Bertz CT molecular complexity index is 510. The van der Waals surface area contributed by atoms with Gasteiger partial charge in [0.2, 0.25) is 5.91 Å². The molecule has 1 aromatic rings. The Balaban J connectivity index is 2.58. The van der Waals surface area contributed by atoms with Gasteiger partial charge in [-0.1, -0.05) is 11.6 Å². The van der Waals surface area contributed by atoms with Crippen LogP contribution in [0.5, 0.6) is 0 Å². The molecule has 7 heteroatoms. The van der Waals surface area contributed by atoms with Crippen LogP contribution in [0, 0.1) is 0 Å². The number of rotatable bonds is 8. The van der Waals surface area contributed by atoms with Crippen molar-refractivity contribution in [2.24, 2.45) is 0 Å². The zero-order valence-corrected chi connectivity index (χ0v) is 13.5. The van der Waals surface area contributed by atoms with Crippen LogP contribution in [-0.2, 0) is 9.53 Å². The molecule has 0 aromatic heterocycles. The van der Waals surface area contributed by atoms with Crippen LogP contribution in [0.1, 0.15) is 23.7 Å². The SMILES string of the molecule is COCCCNC(=O)C(C)Sc1ccc(Cl)c(C(=O)O)c1. The maximum absolute atomic E-state index is 11.9. The number of carbonyl (C=O) groups excluding carboxylic acids is 1. The van der Waals surface area contributed by atoms with Crippen LogP contribution in [0.3, 0.4) is 0 Å². The van der Waals surface area contributed by atoms with Crippen LogP contribution in [0.25, 0.3) is 0 Å². The number of methoxy groups -OCH3 is 1. The van der Waals surface area contributed by atoms with E-state index in [1.54, 1.807) is 20.1 Å². The molecule has 0 aliphatic heterocycles. The van der Waals surface area contributed by atoms with Crippen LogP contribution in [0.15, 0.2) is 23.1 Å². The van der Waals surface area contributed by atoms with Gasteiger partial charge in [0.25, 0.3) is 0 Å². The quantitative estimate of drug-likeness (QED) is 0.566. The van der Waals surface area contributed by atoms with E-state index in [-0.39, 0.29) is 21.7 Å². The minimum atomic E-state index is -1.08. The first-order valence-electron chi connectivity index (χ1n) is 6.42. The standard InChI is InChI=1S/C14H18ClNO4S/c1-9(13(17)16-6-3-7-20-2)21-10-4-5-12(15)11(8-10)14(18)19/h4-5,8-9H,3,6-7H2,1-2H3,(H,16,17)(H,18,19). The molecule has 0 heterocycles. The minimum Gasteiger partial charge on any atom is -0.478 e. The number of hydrogen-bond acceptors (Lipinski definition) is 4. The van der Waals surface area contributed by atoms with Crippen molar-refractivity contribution in [2.75, 3.05) is 20.3 Å². The van der Waals surface area contributed by atoms with E-state index >= 15 is 0 Å². The van der Waals surface area contributed by atoms with Gasteiger partial charge < -0.3 is 15.2 Å². The average molecular weight is 332 g/mol. The summed E-state index contributed by atoms with van der Waals surface area (Å²) in [7, 11) is 1.61. The zero-order chi connectivity index (χ0) is 15.8. The van der Waals surface area contributed by atoms with Gasteiger partial charge in [-0.15, -0.1) is 11.8 Å². The highest BCUT2D eigenvalue weighted by atomic mass is 35.5. The number of thioether (sulfide) groups is 1. The second-order valence-corrected chi connectivity index (χ2v) is 6.17. The predicted octanol–water partition coefficient (Wildman–Crippen LogP) is 2.67. The fourth-order valence-electron chi connectivity index (χ4n) is 1.57. The smallest absolute Gasteiger partial charge is 0.337 e. The van der Waals surface area contributed by atoms with Crippen molar-refractivity contribution in [1.29, 1.82) is 0 Å². The topological polar surface area (TPSA) is 75.6 Å². The van der Waals surface area contributed by atoms with Crippen molar-refractivity contribution < 1.29 is 19.4 Å². The third-order valence-electron chi connectivity index (χ3n) is 2.67. The third-order valence-corrected chi connectivity index (χ3v) is 4.10. The van der Waals surface area contributed by atoms with Crippen molar-refractivity contribution >= 4 is 35.2 Å². The lowest BCUT2D eigenvalue weighted by atomic mass is 10.2. The zero-order valence-electron chi connectivity index (χ0n) is 11.9. The van der Waals surface area contributed by atoms with E-state index in [2.05, 4.69) is 5.32 Å². The molecular weight excluding hydrogens is 314 g/mol. The van der Waals surface area contributed by atoms with E-state index in [9.17, 15) is 9.59 Å². The van der Waals surface area contributed by atoms with E-state index < -0.39 is 5.97 Å². The van der Waals surface area contributed by atoms with Gasteiger partial charge in [-0.05, 0) is 31.5 Å². The lowest BCUT2D eigenvalue weighted by molar-refractivity contribution is -0.120. The fraction of sp³-hybridized carbons (Fsp3) is 0.429. The van der Waals surface area contributed by atoms with Gasteiger partial charge in [0.1, 0.15) is 0 Å². The molecule has 21 heavy (non-hydrogen) atoms. The molecule has 1 rings (SSSR count). The highest BCUT2D eigenvalue weighted by molar-refractivity contribution is 8.00. The second kappa shape index (κ2) is 8.92. The van der Waals surface area contributed by atoms with Gasteiger partial charge in [0.15, 0.2) is 0 Å². The molecule has 0 saturated carbocycles. The normalized spacial score (nSPS) is 12.0. The number of nitrogens with one attached hydrogen (secondary N) is 1. The molecule has 0 aliphatic rings. The Kier molecular flexibility index (Phi) is 7.56. The summed E-state index contributed by atoms with van der Waals surface area (Å²) >= 11 is 7.10. The monoisotopic (exact) mass is 331 g/mol. The van der Waals surface area contributed by atoms with Crippen LogP contribution in [0.2, 0.25) is 5.02 Å². The van der Waals surface area contributed by atoms with E-state index in [0.717, 1.165) is 6.42 Å². The van der Waals surface area contributed by atoms with Crippen LogP contribution < -0.4 is 5.32 Å². The largest absolute Gasteiger partial charge is 0.478 e. The van der Waals surface area contributed by atoms with Gasteiger partial charge in [-0.3, -0.25) is 4.79 Å². The van der Waals surface area contributed by atoms with Gasteiger partial charge in [0, 0.05) is 25.2 Å². The van der Waals surface area contributed by atoms with Crippen molar-refractivity contribution in [3.8, 4) is 0 Å². The molecule has 2 N–H and O–H groups in total. The minimum absolute atomic E-state index is 0.0365. The highest BCUT2D eigenvalue weighted by Crippen LogP contribution is 2.27. The Hall–Kier alpha value is -1.24. The number of aromatic carboxylic acids is 1. The predicted molar refractivity (Wildman–Crippen MR) is 83.2 cm³/mol. The van der Waals surface area contributed by atoms with E-state index in [1.807, 2.05) is 0 Å². The van der Waals surface area contributed by atoms with Gasteiger partial charge >= 0.3 is 5.97 Å². The molecule has 1 amide bonds. The van der Waals surface area contributed by atoms with Gasteiger partial charge in [-0.2, -0.15) is 0 Å². The van der Waals surface area contributed by atoms with Gasteiger partial charge in [-0.25, -0.2) is 4.79 Å². The van der Waals surface area contributed by atoms with Crippen molar-refractivity contribution in [2.45, 2.75) is 23.5 Å². The van der Waals surface area contributed by atoms with Crippen LogP contribution >= 0.6 is 23.4 Å². The summed E-state index contributed by atoms with van der Waals surface area (Å²) in [4.78, 5) is 23.6. The van der Waals surface area contributed by atoms with E-state index in [4.69, 9.17) is 21.4 Å². The summed E-state index contributed by atoms with van der Waals surface area (Å²) < 4.78 is 4.90. The molecule has 5 nitrogen and oxygen atoms in total. The fourth-order valence-corrected chi connectivity index (χ4v) is 2.70. The van der Waals surface area contributed by atoms with Crippen LogP contribution in [0.4, 0.5) is 0 Å². The van der Waals surface area contributed by atoms with E-state index in [1.165, 1.54) is 23.9 Å². The van der Waals surface area contributed by atoms with Crippen molar-refractivity contribution in [1.82, 2.24) is 5.32 Å². The molecule has 0 aliphatic carbocycles. The number of ether oxygens (including phenoxy) is 1. The lowest BCUT2D eigenvalue weighted by Crippen LogP contribution is -2.32. The number of carboxylic acid groups (broad SMARTS) is 1. The second-order valence-electron chi connectivity index (χ2n) is 4.34. The van der Waals surface area contributed by atoms with Crippen LogP contribution in [-0.4, -0.2) is 42.5 Å². The third kappa shape index (κ3) is 5.95. The molecule has 116 valence electrons. The Labute approximate surface area is 133 Å². The first kappa shape index (κ1) is 17.8. The highest BCUT2D eigenvalue weighted by Gasteiger charge is 2.16. The Morgan fingerprint density at radius 2 is 2.19 bits per heavy atom. The number of amides is 1. The number of carbonyl (C=O) groups is 2.